The van der Waals surface area contributed by atoms with Gasteiger partial charge in [-0.2, -0.15) is 0 Å². The number of ether oxygens (including phenoxy) is 4. The molecule has 0 heterocycles. The zero-order valence-electron chi connectivity index (χ0n) is 57.4. The van der Waals surface area contributed by atoms with Crippen LogP contribution in [0.4, 0.5) is 0 Å². The molecule has 0 spiro atoms. The first-order valence-corrected chi connectivity index (χ1v) is 37.7. The molecule has 9 nitrogen and oxygen atoms in total. The number of carboxylic acids is 1. The Labute approximate surface area is 523 Å². The van der Waals surface area contributed by atoms with E-state index in [4.69, 9.17) is 18.9 Å². The van der Waals surface area contributed by atoms with E-state index in [2.05, 4.69) is 13.8 Å². The molecule has 0 amide bonds. The van der Waals surface area contributed by atoms with Crippen LogP contribution in [0.25, 0.3) is 0 Å². The second-order valence-electron chi connectivity index (χ2n) is 27.3. The average Bonchev–Trinajstić information content (AvgIpc) is 3.51. The normalized spacial score (nSPS) is 12.5. The quantitative estimate of drug-likeness (QED) is 0.0278. The van der Waals surface area contributed by atoms with Crippen LogP contribution in [0, 0.1) is 0 Å². The van der Waals surface area contributed by atoms with Crippen molar-refractivity contribution in [3.63, 3.8) is 0 Å². The van der Waals surface area contributed by atoms with Crippen molar-refractivity contribution in [2.24, 2.45) is 0 Å². The lowest BCUT2D eigenvalue weighted by Crippen LogP contribution is -2.40. The van der Waals surface area contributed by atoms with E-state index in [0.717, 1.165) is 38.5 Å². The Kier molecular flexibility index (Phi) is 65.9. The lowest BCUT2D eigenvalue weighted by Gasteiger charge is -2.25. The summed E-state index contributed by atoms with van der Waals surface area (Å²) in [5, 5.41) is 9.76. The van der Waals surface area contributed by atoms with E-state index in [1.807, 2.05) is 21.1 Å². The van der Waals surface area contributed by atoms with E-state index in [1.165, 1.54) is 340 Å². The lowest BCUT2D eigenvalue weighted by molar-refractivity contribution is -0.870. The third-order valence-electron chi connectivity index (χ3n) is 17.6. The van der Waals surface area contributed by atoms with Gasteiger partial charge in [-0.05, 0) is 12.8 Å². The fraction of sp³-hybridized carbons (Fsp3) is 0.960. The molecule has 0 aliphatic carbocycles. The van der Waals surface area contributed by atoms with Gasteiger partial charge in [0.2, 0.25) is 0 Å². The smallest absolute Gasteiger partial charge is 0.361 e. The molecule has 84 heavy (non-hydrogen) atoms. The predicted molar refractivity (Wildman–Crippen MR) is 360 cm³/mol. The molecule has 0 saturated heterocycles. The molecule has 0 saturated carbocycles. The fourth-order valence-electron chi connectivity index (χ4n) is 11.8. The van der Waals surface area contributed by atoms with Gasteiger partial charge in [0, 0.05) is 12.8 Å². The number of esters is 2. The van der Waals surface area contributed by atoms with Crippen molar-refractivity contribution in [3.8, 4) is 0 Å². The third-order valence-corrected chi connectivity index (χ3v) is 17.6. The minimum atomic E-state index is -1.50. The number of hydrogen-bond donors (Lipinski definition) is 1. The van der Waals surface area contributed by atoms with Crippen molar-refractivity contribution in [1.82, 2.24) is 0 Å². The van der Waals surface area contributed by atoms with E-state index in [0.29, 0.717) is 17.4 Å². The number of carbonyl (C=O) groups is 3. The summed E-state index contributed by atoms with van der Waals surface area (Å²) in [6.07, 6.45) is 78.2. The number of nitrogens with zero attached hydrogens (tertiary/aromatic N) is 1. The summed E-state index contributed by atoms with van der Waals surface area (Å²) in [7, 11) is 6.00. The average molecular weight is 1190 g/mol. The number of carboxylic acid groups (broad SMARTS) is 1. The molecule has 0 aromatic rings. The maximum atomic E-state index is 13.0. The van der Waals surface area contributed by atoms with Crippen LogP contribution in [-0.2, 0) is 33.3 Å². The van der Waals surface area contributed by atoms with Gasteiger partial charge in [0.25, 0.3) is 6.29 Å². The molecule has 9 heteroatoms. The van der Waals surface area contributed by atoms with Crippen molar-refractivity contribution >= 4 is 17.9 Å². The molecule has 0 aliphatic rings. The van der Waals surface area contributed by atoms with Crippen molar-refractivity contribution in [2.75, 3.05) is 47.5 Å². The number of unbranched alkanes of at least 4 members (excludes halogenated alkanes) is 57. The van der Waals surface area contributed by atoms with Crippen molar-refractivity contribution in [1.29, 1.82) is 0 Å². The van der Waals surface area contributed by atoms with Gasteiger partial charge >= 0.3 is 17.9 Å². The predicted octanol–water partition coefficient (Wildman–Crippen LogP) is 23.4. The highest BCUT2D eigenvalue weighted by molar-refractivity contribution is 5.71. The van der Waals surface area contributed by atoms with Crippen LogP contribution < -0.4 is 0 Å². The lowest BCUT2D eigenvalue weighted by atomic mass is 10.0. The first-order chi connectivity index (χ1) is 41.1. The summed E-state index contributed by atoms with van der Waals surface area (Å²) in [5.41, 5.74) is 0. The van der Waals surface area contributed by atoms with Crippen molar-refractivity contribution in [2.45, 2.75) is 418 Å². The Morgan fingerprint density at radius 3 is 0.762 bits per heavy atom. The highest BCUT2D eigenvalue weighted by Crippen LogP contribution is 2.20. The van der Waals surface area contributed by atoms with Gasteiger partial charge in [-0.1, -0.05) is 380 Å². The number of hydrogen-bond acceptors (Lipinski definition) is 7. The molecule has 0 fully saturated rings. The number of rotatable bonds is 72. The summed E-state index contributed by atoms with van der Waals surface area (Å²) < 4.78 is 23.0. The first-order valence-electron chi connectivity index (χ1n) is 37.7. The van der Waals surface area contributed by atoms with Gasteiger partial charge in [-0.25, -0.2) is 4.79 Å². The van der Waals surface area contributed by atoms with Crippen LogP contribution in [-0.4, -0.2) is 87.4 Å². The van der Waals surface area contributed by atoms with E-state index < -0.39 is 18.4 Å². The van der Waals surface area contributed by atoms with Crippen molar-refractivity contribution < 1.29 is 42.9 Å². The van der Waals surface area contributed by atoms with Crippen LogP contribution in [0.1, 0.15) is 406 Å². The Morgan fingerprint density at radius 2 is 0.536 bits per heavy atom. The van der Waals surface area contributed by atoms with Gasteiger partial charge in [-0.3, -0.25) is 9.59 Å². The maximum absolute atomic E-state index is 13.0. The minimum Gasteiger partial charge on any atom is -0.477 e. The van der Waals surface area contributed by atoms with Crippen LogP contribution in [0.15, 0.2) is 0 Å². The van der Waals surface area contributed by atoms with E-state index >= 15 is 0 Å². The minimum absolute atomic E-state index is 0.172. The van der Waals surface area contributed by atoms with E-state index in [-0.39, 0.29) is 38.2 Å². The highest BCUT2D eigenvalue weighted by atomic mass is 16.7. The Balaban J connectivity index is 3.99. The van der Waals surface area contributed by atoms with Crippen LogP contribution >= 0.6 is 0 Å². The molecule has 500 valence electrons. The number of carbonyl (C=O) groups excluding carboxylic acids is 2. The molecule has 1 N–H and O–H groups in total. The number of likely N-dealkylation sites (N-methyl/N-ethyl adjacent to an activating group) is 1. The van der Waals surface area contributed by atoms with Gasteiger partial charge in [0.05, 0.1) is 34.4 Å². The zero-order valence-corrected chi connectivity index (χ0v) is 57.4. The van der Waals surface area contributed by atoms with E-state index in [1.54, 1.807) is 0 Å². The Bertz CT molecular complexity index is 1340. The summed E-state index contributed by atoms with van der Waals surface area (Å²) in [5.74, 6) is -1.96. The number of quaternary nitrogens is 1. The SMILES string of the molecule is CCCCCCCCCCCCCCCCCCCCCCCCCCCCCCCCCC(=O)OC(COC(=O)CCCCCCCCCCCCCCCCCCCCCCCCCCCCCC)COC(OCC[N+](C)(C)C)C(=O)O. The van der Waals surface area contributed by atoms with Gasteiger partial charge < -0.3 is 28.5 Å². The highest BCUT2D eigenvalue weighted by Gasteiger charge is 2.25. The largest absolute Gasteiger partial charge is 0.477 e. The molecule has 0 aliphatic heterocycles. The monoisotopic (exact) mass is 1190 g/mol. The standard InChI is InChI=1S/C75H147NO8/c1-6-8-10-12-14-16-18-20-22-24-26-28-30-32-34-36-37-38-40-42-44-46-48-50-52-54-56-58-60-62-64-66-73(78)84-71(70-83-75(74(79)80)81-68-67-76(3,4)5)69-82-72(77)65-63-61-59-57-55-53-51-49-47-45-43-41-39-35-33-31-29-27-25-23-21-19-17-15-13-11-9-7-2/h71,75H,6-70H2,1-5H3/p+1. The van der Waals surface area contributed by atoms with E-state index in [9.17, 15) is 19.5 Å². The summed E-state index contributed by atoms with van der Waals surface area (Å²) in [4.78, 5) is 37.7. The summed E-state index contributed by atoms with van der Waals surface area (Å²) in [6.45, 7) is 4.98. The zero-order chi connectivity index (χ0) is 61.2. The molecule has 0 aromatic carbocycles. The van der Waals surface area contributed by atoms with Gasteiger partial charge in [0.1, 0.15) is 13.2 Å². The molecule has 0 bridgehead atoms. The van der Waals surface area contributed by atoms with Crippen LogP contribution in [0.2, 0.25) is 0 Å². The molecule has 2 unspecified atom stereocenters. The summed E-state index contributed by atoms with van der Waals surface area (Å²) in [6, 6.07) is 0. The fourth-order valence-corrected chi connectivity index (χ4v) is 11.8. The van der Waals surface area contributed by atoms with Gasteiger partial charge in [0.15, 0.2) is 6.10 Å². The Morgan fingerprint density at radius 1 is 0.310 bits per heavy atom. The van der Waals surface area contributed by atoms with Crippen LogP contribution in [0.3, 0.4) is 0 Å². The number of aliphatic carboxylic acids is 1. The van der Waals surface area contributed by atoms with Crippen LogP contribution in [0.5, 0.6) is 0 Å². The summed E-state index contributed by atoms with van der Waals surface area (Å²) >= 11 is 0. The second-order valence-corrected chi connectivity index (χ2v) is 27.3. The topological polar surface area (TPSA) is 108 Å². The van der Waals surface area contributed by atoms with Gasteiger partial charge in [-0.15, -0.1) is 0 Å². The molecule has 0 radical (unpaired) electrons. The third kappa shape index (κ3) is 67.8. The maximum Gasteiger partial charge on any atom is 0.361 e. The Hall–Kier alpha value is -1.71. The molecular weight excluding hydrogens is 1040 g/mol. The molecule has 2 atom stereocenters. The van der Waals surface area contributed by atoms with Crippen molar-refractivity contribution in [3.05, 3.63) is 0 Å². The molecule has 0 rings (SSSR count). The second kappa shape index (κ2) is 67.2. The first kappa shape index (κ1) is 82.3. The molecule has 0 aromatic heterocycles. The molecular formula is C75H148NO8+.